The highest BCUT2D eigenvalue weighted by atomic mass is 35.5. The maximum absolute atomic E-state index is 13.2. The molecule has 2 N–H and O–H groups in total. The van der Waals surface area contributed by atoms with Crippen LogP contribution in [0.2, 0.25) is 5.02 Å². The molecule has 0 spiro atoms. The molecule has 2 aromatic carbocycles. The highest BCUT2D eigenvalue weighted by molar-refractivity contribution is 6.30. The fraction of sp³-hybridized carbons (Fsp3) is 0.250. The van der Waals surface area contributed by atoms with Crippen molar-refractivity contribution in [3.05, 3.63) is 69.2 Å². The van der Waals surface area contributed by atoms with Gasteiger partial charge in [-0.15, -0.1) is 0 Å². The predicted molar refractivity (Wildman–Crippen MR) is 108 cm³/mol. The molecule has 158 valence electrons. The molecule has 10 heteroatoms. The summed E-state index contributed by atoms with van der Waals surface area (Å²) in [5.41, 5.74) is -1.21. The molecule has 1 atom stereocenters. The van der Waals surface area contributed by atoms with Gasteiger partial charge in [-0.25, -0.2) is 4.98 Å². The summed E-state index contributed by atoms with van der Waals surface area (Å²) in [6, 6.07) is 9.15. The van der Waals surface area contributed by atoms with Gasteiger partial charge >= 0.3 is 6.18 Å². The van der Waals surface area contributed by atoms with Crippen LogP contribution in [0.5, 0.6) is 0 Å². The van der Waals surface area contributed by atoms with Gasteiger partial charge in [-0.3, -0.25) is 14.5 Å². The lowest BCUT2D eigenvalue weighted by atomic mass is 10.1. The van der Waals surface area contributed by atoms with Crippen LogP contribution in [0.1, 0.15) is 18.3 Å². The van der Waals surface area contributed by atoms with Crippen LogP contribution in [0.25, 0.3) is 10.9 Å². The molecule has 3 aromatic rings. The van der Waals surface area contributed by atoms with Gasteiger partial charge < -0.3 is 10.3 Å². The zero-order valence-corrected chi connectivity index (χ0v) is 16.8. The van der Waals surface area contributed by atoms with Gasteiger partial charge in [-0.2, -0.15) is 13.2 Å². The van der Waals surface area contributed by atoms with Crippen LogP contribution in [0.15, 0.2) is 47.3 Å². The Labute approximate surface area is 174 Å². The number of para-hydroxylation sites is 1. The molecule has 30 heavy (non-hydrogen) atoms. The number of aromatic nitrogens is 2. The van der Waals surface area contributed by atoms with Gasteiger partial charge in [0.1, 0.15) is 5.82 Å². The molecule has 0 bridgehead atoms. The maximum Gasteiger partial charge on any atom is 0.418 e. The highest BCUT2D eigenvalue weighted by Crippen LogP contribution is 2.36. The Bertz CT molecular complexity index is 1150. The number of nitrogens with one attached hydrogen (secondary N) is 2. The molecule has 6 nitrogen and oxygen atoms in total. The fourth-order valence-corrected chi connectivity index (χ4v) is 3.05. The summed E-state index contributed by atoms with van der Waals surface area (Å²) < 4.78 is 39.7. The number of anilines is 1. The molecule has 1 heterocycles. The highest BCUT2D eigenvalue weighted by Gasteiger charge is 2.34. The number of rotatable bonds is 5. The molecule has 0 aliphatic carbocycles. The van der Waals surface area contributed by atoms with Crippen molar-refractivity contribution in [1.82, 2.24) is 14.9 Å². The lowest BCUT2D eigenvalue weighted by Crippen LogP contribution is -2.40. The quantitative estimate of drug-likeness (QED) is 0.630. The summed E-state index contributed by atoms with van der Waals surface area (Å²) in [6.07, 6.45) is -4.67. The summed E-state index contributed by atoms with van der Waals surface area (Å²) >= 11 is 5.66. The Morgan fingerprint density at radius 1 is 1.27 bits per heavy atom. The Hall–Kier alpha value is -2.91. The van der Waals surface area contributed by atoms with Gasteiger partial charge in [0.05, 0.1) is 34.7 Å². The van der Waals surface area contributed by atoms with Crippen LogP contribution >= 0.6 is 11.6 Å². The Morgan fingerprint density at radius 2 is 1.97 bits per heavy atom. The number of carbonyl (C=O) groups excluding carboxylic acids is 1. The summed E-state index contributed by atoms with van der Waals surface area (Å²) in [5, 5.41) is 2.66. The van der Waals surface area contributed by atoms with E-state index in [4.69, 9.17) is 11.6 Å². The number of amides is 1. The number of likely N-dealkylation sites (N-methyl/N-ethyl adjacent to an activating group) is 1. The number of fused-ring (bicyclic) bond motifs is 1. The first kappa shape index (κ1) is 21.8. The molecule has 1 aromatic heterocycles. The van der Waals surface area contributed by atoms with Gasteiger partial charge in [-0.1, -0.05) is 23.7 Å². The molecule has 0 saturated carbocycles. The van der Waals surface area contributed by atoms with Gasteiger partial charge in [-0.05, 0) is 44.3 Å². The number of carbonyl (C=O) groups is 1. The number of alkyl halides is 3. The SMILES string of the molecule is C[C@@H](C(=O)Nc1ccc(Cl)cc1C(F)(F)F)N(C)Cc1nc2ccccc2c(=O)[nH]1. The number of benzene rings is 2. The van der Waals surface area contributed by atoms with E-state index in [0.717, 1.165) is 12.1 Å². The van der Waals surface area contributed by atoms with Crippen molar-refractivity contribution in [2.45, 2.75) is 25.7 Å². The number of aromatic amines is 1. The van der Waals surface area contributed by atoms with Crippen molar-refractivity contribution < 1.29 is 18.0 Å². The van der Waals surface area contributed by atoms with Gasteiger partial charge in [0.2, 0.25) is 5.91 Å². The average molecular weight is 439 g/mol. The van der Waals surface area contributed by atoms with E-state index in [-0.39, 0.29) is 22.8 Å². The molecule has 0 saturated heterocycles. The summed E-state index contributed by atoms with van der Waals surface area (Å²) in [5.74, 6) is -0.309. The second-order valence-corrected chi connectivity index (χ2v) is 7.23. The standard InChI is InChI=1S/C20H18ClF3N4O2/c1-11(18(29)26-16-8-7-12(21)9-14(16)20(22,23)24)28(2)10-17-25-15-6-4-3-5-13(15)19(30)27-17/h3-9,11H,10H2,1-2H3,(H,26,29)(H,25,27,30)/t11-/m0/s1. The molecule has 0 aliphatic rings. The van der Waals surface area contributed by atoms with E-state index >= 15 is 0 Å². The molecule has 1 amide bonds. The number of halogens is 4. The van der Waals surface area contributed by atoms with Crippen molar-refractivity contribution >= 4 is 34.1 Å². The third-order valence-electron chi connectivity index (χ3n) is 4.65. The number of hydrogen-bond donors (Lipinski definition) is 2. The molecule has 0 unspecified atom stereocenters. The summed E-state index contributed by atoms with van der Waals surface area (Å²) in [7, 11) is 1.60. The van der Waals surface area contributed by atoms with Crippen molar-refractivity contribution in [1.29, 1.82) is 0 Å². The van der Waals surface area contributed by atoms with Gasteiger partial charge in [0.15, 0.2) is 0 Å². The lowest BCUT2D eigenvalue weighted by Gasteiger charge is -2.24. The van der Waals surface area contributed by atoms with Crippen molar-refractivity contribution in [2.24, 2.45) is 0 Å². The van der Waals surface area contributed by atoms with Crippen LogP contribution < -0.4 is 10.9 Å². The zero-order chi connectivity index (χ0) is 22.1. The van der Waals surface area contributed by atoms with E-state index in [0.29, 0.717) is 16.7 Å². The van der Waals surface area contributed by atoms with E-state index < -0.39 is 23.7 Å². The normalized spacial score (nSPS) is 12.9. The van der Waals surface area contributed by atoms with E-state index in [1.54, 1.807) is 36.2 Å². The first-order chi connectivity index (χ1) is 14.1. The molecular weight excluding hydrogens is 421 g/mol. The van der Waals surface area contributed by atoms with Crippen LogP contribution in [-0.2, 0) is 17.5 Å². The van der Waals surface area contributed by atoms with Crippen LogP contribution in [0.4, 0.5) is 18.9 Å². The largest absolute Gasteiger partial charge is 0.418 e. The first-order valence-electron chi connectivity index (χ1n) is 8.92. The van der Waals surface area contributed by atoms with Crippen molar-refractivity contribution in [3.63, 3.8) is 0 Å². The Morgan fingerprint density at radius 3 is 2.67 bits per heavy atom. The van der Waals surface area contributed by atoms with Crippen LogP contribution in [0, 0.1) is 0 Å². The minimum Gasteiger partial charge on any atom is -0.324 e. The topological polar surface area (TPSA) is 78.1 Å². The van der Waals surface area contributed by atoms with Crippen LogP contribution in [0.3, 0.4) is 0 Å². The smallest absolute Gasteiger partial charge is 0.324 e. The van der Waals surface area contributed by atoms with Gasteiger partial charge in [0, 0.05) is 5.02 Å². The van der Waals surface area contributed by atoms with E-state index in [1.807, 2.05) is 0 Å². The fourth-order valence-electron chi connectivity index (χ4n) is 2.88. The van der Waals surface area contributed by atoms with E-state index in [2.05, 4.69) is 15.3 Å². The summed E-state index contributed by atoms with van der Waals surface area (Å²) in [6.45, 7) is 1.65. The molecular formula is C20H18ClF3N4O2. The van der Waals surface area contributed by atoms with Crippen LogP contribution in [-0.4, -0.2) is 33.9 Å². The van der Waals surface area contributed by atoms with Crippen molar-refractivity contribution in [3.8, 4) is 0 Å². The van der Waals surface area contributed by atoms with E-state index in [9.17, 15) is 22.8 Å². The zero-order valence-electron chi connectivity index (χ0n) is 16.0. The predicted octanol–water partition coefficient (Wildman–Crippen LogP) is 4.05. The van der Waals surface area contributed by atoms with Crippen molar-refractivity contribution in [2.75, 3.05) is 12.4 Å². The second-order valence-electron chi connectivity index (χ2n) is 6.80. The molecule has 3 rings (SSSR count). The lowest BCUT2D eigenvalue weighted by molar-refractivity contribution is -0.137. The first-order valence-corrected chi connectivity index (χ1v) is 9.30. The minimum atomic E-state index is -4.67. The van der Waals surface area contributed by atoms with E-state index in [1.165, 1.54) is 13.0 Å². The minimum absolute atomic E-state index is 0.0863. The number of H-pyrrole nitrogens is 1. The van der Waals surface area contributed by atoms with Gasteiger partial charge in [0.25, 0.3) is 5.56 Å². The second kappa shape index (κ2) is 8.45. The third-order valence-corrected chi connectivity index (χ3v) is 4.88. The summed E-state index contributed by atoms with van der Waals surface area (Å²) in [4.78, 5) is 33.3. The average Bonchev–Trinajstić information content (AvgIpc) is 2.68. The molecule has 0 radical (unpaired) electrons. The maximum atomic E-state index is 13.2. The molecule has 0 aliphatic heterocycles. The number of hydrogen-bond acceptors (Lipinski definition) is 4. The Kier molecular flexibility index (Phi) is 6.14. The Balaban J connectivity index is 1.76. The number of nitrogens with zero attached hydrogens (tertiary/aromatic N) is 2. The monoisotopic (exact) mass is 438 g/mol. The molecule has 0 fully saturated rings. The third kappa shape index (κ3) is 4.80.